The Morgan fingerprint density at radius 1 is 1.00 bits per heavy atom. The van der Waals surface area contributed by atoms with Crippen LogP contribution in [0.3, 0.4) is 0 Å². The summed E-state index contributed by atoms with van der Waals surface area (Å²) in [5.41, 5.74) is 3.14. The summed E-state index contributed by atoms with van der Waals surface area (Å²) in [5.74, 6) is 1.48. The Morgan fingerprint density at radius 2 is 1.76 bits per heavy atom. The molecule has 3 rings (SSSR count). The molecule has 0 radical (unpaired) electrons. The quantitative estimate of drug-likeness (QED) is 0.428. The third-order valence-electron chi connectivity index (χ3n) is 9.34. The monoisotopic (exact) mass is 452 g/mol. The van der Waals surface area contributed by atoms with Crippen molar-refractivity contribution in [2.45, 2.75) is 119 Å². The first-order valence-electron chi connectivity index (χ1n) is 13.6. The maximum atomic E-state index is 13.5. The van der Waals surface area contributed by atoms with Gasteiger partial charge in [-0.15, -0.1) is 0 Å². The van der Waals surface area contributed by atoms with Crippen molar-refractivity contribution < 1.29 is 9.59 Å². The van der Waals surface area contributed by atoms with E-state index in [9.17, 15) is 9.59 Å². The molecule has 1 fully saturated rings. The Balaban J connectivity index is 1.69. The molecule has 0 spiro atoms. The van der Waals surface area contributed by atoms with Gasteiger partial charge in [0.1, 0.15) is 5.78 Å². The van der Waals surface area contributed by atoms with E-state index in [2.05, 4.69) is 59.8 Å². The van der Waals surface area contributed by atoms with Crippen LogP contribution in [0.25, 0.3) is 0 Å². The van der Waals surface area contributed by atoms with Crippen molar-refractivity contribution >= 4 is 11.6 Å². The van der Waals surface area contributed by atoms with Crippen molar-refractivity contribution in [3.8, 4) is 0 Å². The van der Waals surface area contributed by atoms with Gasteiger partial charge in [-0.1, -0.05) is 83.8 Å². The number of ketones is 2. The minimum atomic E-state index is 0.0219. The third kappa shape index (κ3) is 6.58. The Bertz CT molecular complexity index is 822. The lowest BCUT2D eigenvalue weighted by molar-refractivity contribution is -0.127. The molecule has 3 unspecified atom stereocenters. The molecule has 3 aliphatic carbocycles. The van der Waals surface area contributed by atoms with Crippen LogP contribution in [0.4, 0.5) is 0 Å². The standard InChI is InChI=1S/C31H48O2/c1-23-14-20-30(4,5)27(28(33)13-12-24-15-18-29(2,3)19-16-24)11-9-7-8-10-25-22-26(32)17-21-31(23,25)6/h15-16,18,22-23,27H,7-14,17,19-21H2,1-6H3. The van der Waals surface area contributed by atoms with Crippen molar-refractivity contribution in [1.82, 2.24) is 0 Å². The number of fused-ring (bicyclic) bond motifs is 1. The summed E-state index contributed by atoms with van der Waals surface area (Å²) in [4.78, 5) is 25.7. The van der Waals surface area contributed by atoms with E-state index >= 15 is 0 Å². The number of hydrogen-bond acceptors (Lipinski definition) is 2. The highest BCUT2D eigenvalue weighted by Crippen LogP contribution is 2.49. The van der Waals surface area contributed by atoms with Gasteiger partial charge >= 0.3 is 0 Å². The van der Waals surface area contributed by atoms with E-state index in [1.54, 1.807) is 0 Å². The molecule has 0 amide bonds. The van der Waals surface area contributed by atoms with Crippen LogP contribution in [0.2, 0.25) is 0 Å². The van der Waals surface area contributed by atoms with Gasteiger partial charge in [-0.25, -0.2) is 0 Å². The molecule has 33 heavy (non-hydrogen) atoms. The fourth-order valence-electron chi connectivity index (χ4n) is 6.29. The van der Waals surface area contributed by atoms with E-state index < -0.39 is 0 Å². The highest BCUT2D eigenvalue weighted by Gasteiger charge is 2.40. The molecule has 2 heteroatoms. The van der Waals surface area contributed by atoms with Gasteiger partial charge in [-0.3, -0.25) is 9.59 Å². The molecule has 0 aliphatic heterocycles. The number of allylic oxidation sites excluding steroid dienone is 6. The molecule has 0 N–H and O–H groups in total. The van der Waals surface area contributed by atoms with Crippen LogP contribution < -0.4 is 0 Å². The lowest BCUT2D eigenvalue weighted by atomic mass is 9.61. The van der Waals surface area contributed by atoms with Crippen LogP contribution in [0, 0.1) is 28.1 Å². The molecule has 0 aromatic carbocycles. The molecule has 0 heterocycles. The molecule has 0 aromatic heterocycles. The Kier molecular flexibility index (Phi) is 8.28. The predicted octanol–water partition coefficient (Wildman–Crippen LogP) is 8.57. The van der Waals surface area contributed by atoms with Crippen molar-refractivity contribution in [2.24, 2.45) is 28.1 Å². The molecule has 0 bridgehead atoms. The fraction of sp³-hybridized carbons (Fsp3) is 0.742. The van der Waals surface area contributed by atoms with E-state index in [-0.39, 0.29) is 22.2 Å². The van der Waals surface area contributed by atoms with Crippen LogP contribution in [0.1, 0.15) is 119 Å². The van der Waals surface area contributed by atoms with Gasteiger partial charge in [-0.2, -0.15) is 0 Å². The zero-order valence-electron chi connectivity index (χ0n) is 22.3. The van der Waals surface area contributed by atoms with Gasteiger partial charge in [0, 0.05) is 18.8 Å². The smallest absolute Gasteiger partial charge is 0.155 e. The summed E-state index contributed by atoms with van der Waals surface area (Å²) in [6, 6.07) is 0. The SMILES string of the molecule is CC1CCC(C)(C)C(C(=O)CCC2=CCC(C)(C)C=C2)CCCCCC2=CC(=O)CCC21C. The van der Waals surface area contributed by atoms with E-state index in [4.69, 9.17) is 0 Å². The zero-order chi connectivity index (χ0) is 24.3. The van der Waals surface area contributed by atoms with Gasteiger partial charge < -0.3 is 0 Å². The first kappa shape index (κ1) is 26.2. The van der Waals surface area contributed by atoms with Crippen LogP contribution in [-0.2, 0) is 9.59 Å². The molecule has 3 atom stereocenters. The van der Waals surface area contributed by atoms with Crippen molar-refractivity contribution in [3.63, 3.8) is 0 Å². The third-order valence-corrected chi connectivity index (χ3v) is 9.34. The lowest BCUT2D eigenvalue weighted by Crippen LogP contribution is -2.36. The zero-order valence-corrected chi connectivity index (χ0v) is 22.3. The van der Waals surface area contributed by atoms with Crippen molar-refractivity contribution in [2.75, 3.05) is 0 Å². The van der Waals surface area contributed by atoms with Gasteiger partial charge in [-0.05, 0) is 79.6 Å². The van der Waals surface area contributed by atoms with Gasteiger partial charge in [0.05, 0.1) is 0 Å². The predicted molar refractivity (Wildman–Crippen MR) is 139 cm³/mol. The van der Waals surface area contributed by atoms with Crippen LogP contribution in [0.15, 0.2) is 35.5 Å². The van der Waals surface area contributed by atoms with Gasteiger partial charge in [0.2, 0.25) is 0 Å². The molecule has 0 aromatic rings. The summed E-state index contributed by atoms with van der Waals surface area (Å²) in [5, 5.41) is 0. The lowest BCUT2D eigenvalue weighted by Gasteiger charge is -2.43. The molecular weight excluding hydrogens is 404 g/mol. The molecule has 1 saturated carbocycles. The summed E-state index contributed by atoms with van der Waals surface area (Å²) >= 11 is 0. The van der Waals surface area contributed by atoms with Gasteiger partial charge in [0.15, 0.2) is 5.78 Å². The molecule has 3 aliphatic rings. The largest absolute Gasteiger partial charge is 0.299 e. The summed E-state index contributed by atoms with van der Waals surface area (Å²) in [6.45, 7) is 14.0. The van der Waals surface area contributed by atoms with Crippen molar-refractivity contribution in [1.29, 1.82) is 0 Å². The average Bonchev–Trinajstić information content (AvgIpc) is 2.75. The summed E-state index contributed by atoms with van der Waals surface area (Å²) in [7, 11) is 0. The van der Waals surface area contributed by atoms with E-state index in [0.717, 1.165) is 64.2 Å². The molecule has 0 saturated heterocycles. The first-order valence-corrected chi connectivity index (χ1v) is 13.6. The van der Waals surface area contributed by atoms with E-state index in [1.807, 2.05) is 6.08 Å². The fourth-order valence-corrected chi connectivity index (χ4v) is 6.29. The van der Waals surface area contributed by atoms with Crippen LogP contribution >= 0.6 is 0 Å². The second-order valence-electron chi connectivity index (χ2n) is 12.9. The highest BCUT2D eigenvalue weighted by molar-refractivity contribution is 5.91. The number of Topliss-reactive ketones (excluding diaryl/α,β-unsaturated/α-hetero) is 1. The Hall–Kier alpha value is -1.44. The number of hydrogen-bond donors (Lipinski definition) is 0. The van der Waals surface area contributed by atoms with E-state index in [1.165, 1.54) is 11.1 Å². The first-order chi connectivity index (χ1) is 15.4. The second kappa shape index (κ2) is 10.4. The maximum Gasteiger partial charge on any atom is 0.155 e. The average molecular weight is 453 g/mol. The molecule has 184 valence electrons. The second-order valence-corrected chi connectivity index (χ2v) is 12.9. The molecular formula is C31H48O2. The topological polar surface area (TPSA) is 34.1 Å². The highest BCUT2D eigenvalue weighted by atomic mass is 16.1. The summed E-state index contributed by atoms with van der Waals surface area (Å²) < 4.78 is 0. The number of carbonyl (C=O) groups is 2. The number of carbonyl (C=O) groups excluding carboxylic acids is 2. The Labute approximate surface area is 203 Å². The van der Waals surface area contributed by atoms with Crippen molar-refractivity contribution in [3.05, 3.63) is 35.5 Å². The van der Waals surface area contributed by atoms with Crippen LogP contribution in [-0.4, -0.2) is 11.6 Å². The Morgan fingerprint density at radius 3 is 2.45 bits per heavy atom. The minimum absolute atomic E-state index is 0.0219. The normalized spacial score (nSPS) is 32.6. The minimum Gasteiger partial charge on any atom is -0.299 e. The number of rotatable bonds is 4. The summed E-state index contributed by atoms with van der Waals surface area (Å²) in [6.07, 6.45) is 20.8. The van der Waals surface area contributed by atoms with Gasteiger partial charge in [0.25, 0.3) is 0 Å². The molecule has 2 nitrogen and oxygen atoms in total. The van der Waals surface area contributed by atoms with E-state index in [0.29, 0.717) is 30.3 Å². The maximum absolute atomic E-state index is 13.5. The van der Waals surface area contributed by atoms with Crippen LogP contribution in [0.5, 0.6) is 0 Å².